The van der Waals surface area contributed by atoms with Crippen molar-refractivity contribution >= 4 is 33.3 Å². The van der Waals surface area contributed by atoms with E-state index >= 15 is 0 Å². The first-order valence-corrected chi connectivity index (χ1v) is 7.01. The van der Waals surface area contributed by atoms with Gasteiger partial charge < -0.3 is 9.47 Å². The van der Waals surface area contributed by atoms with Crippen molar-refractivity contribution in [1.82, 2.24) is 9.55 Å². The summed E-state index contributed by atoms with van der Waals surface area (Å²) < 4.78 is 2.71. The average Bonchev–Trinajstić information content (AvgIpc) is 2.94. The maximum absolute atomic E-state index is 12.1. The first-order chi connectivity index (χ1) is 9.59. The maximum atomic E-state index is 12.1. The molecule has 0 N–H and O–H groups in total. The summed E-state index contributed by atoms with van der Waals surface area (Å²) >= 11 is 3.41. The molecule has 0 saturated heterocycles. The van der Waals surface area contributed by atoms with Gasteiger partial charge in [-0.25, -0.2) is 4.98 Å². The Bertz CT molecular complexity index is 708. The van der Waals surface area contributed by atoms with Crippen molar-refractivity contribution in [3.8, 4) is 0 Å². The van der Waals surface area contributed by atoms with Crippen LogP contribution in [-0.2, 0) is 11.3 Å². The highest BCUT2D eigenvalue weighted by molar-refractivity contribution is 9.10. The number of halogens is 1. The molecule has 2 heterocycles. The number of hydrogen-bond donors (Lipinski definition) is 0. The van der Waals surface area contributed by atoms with Gasteiger partial charge in [0.25, 0.3) is 11.7 Å². The Hall–Kier alpha value is -1.95. The van der Waals surface area contributed by atoms with Gasteiger partial charge in [0.05, 0.1) is 11.3 Å². The molecule has 2 aromatic rings. The molecule has 6 heteroatoms. The molecule has 1 amide bonds. The smallest absolute Gasteiger partial charge is 0.299 e. The van der Waals surface area contributed by atoms with E-state index in [1.165, 1.54) is 4.90 Å². The van der Waals surface area contributed by atoms with Crippen molar-refractivity contribution in [2.24, 2.45) is 0 Å². The molecule has 0 unspecified atom stereocenters. The number of hydrogen-bond acceptors (Lipinski definition) is 3. The molecule has 0 fully saturated rings. The van der Waals surface area contributed by atoms with E-state index in [1.54, 1.807) is 18.3 Å². The molecule has 0 aliphatic carbocycles. The minimum Gasteiger partial charge on any atom is -0.333 e. The SMILES string of the molecule is Cc1nccn1CCN1C(=O)C(=O)c2cccc(Br)c21. The first-order valence-electron chi connectivity index (χ1n) is 6.22. The lowest BCUT2D eigenvalue weighted by atomic mass is 10.1. The predicted molar refractivity (Wildman–Crippen MR) is 77.8 cm³/mol. The molecular formula is C14H12BrN3O2. The molecule has 102 valence electrons. The fraction of sp³-hybridized carbons (Fsp3) is 0.214. The molecule has 5 nitrogen and oxygen atoms in total. The van der Waals surface area contributed by atoms with Crippen LogP contribution >= 0.6 is 15.9 Å². The van der Waals surface area contributed by atoms with Crippen LogP contribution in [0.3, 0.4) is 0 Å². The molecule has 0 saturated carbocycles. The van der Waals surface area contributed by atoms with Crippen LogP contribution in [0.4, 0.5) is 5.69 Å². The Balaban J connectivity index is 1.90. The van der Waals surface area contributed by atoms with E-state index < -0.39 is 11.7 Å². The summed E-state index contributed by atoms with van der Waals surface area (Å²) in [6.07, 6.45) is 3.58. The Labute approximate surface area is 124 Å². The van der Waals surface area contributed by atoms with Gasteiger partial charge in [0, 0.05) is 30.0 Å². The summed E-state index contributed by atoms with van der Waals surface area (Å²) in [5.41, 5.74) is 1.13. The number of imidazole rings is 1. The van der Waals surface area contributed by atoms with Crippen LogP contribution in [0.25, 0.3) is 0 Å². The average molecular weight is 334 g/mol. The second kappa shape index (κ2) is 4.86. The number of para-hydroxylation sites is 1. The monoisotopic (exact) mass is 333 g/mol. The van der Waals surface area contributed by atoms with E-state index in [2.05, 4.69) is 20.9 Å². The van der Waals surface area contributed by atoms with Crippen LogP contribution in [0.5, 0.6) is 0 Å². The second-order valence-electron chi connectivity index (χ2n) is 4.59. The van der Waals surface area contributed by atoms with Crippen LogP contribution < -0.4 is 4.90 Å². The number of fused-ring (bicyclic) bond motifs is 1. The number of carbonyl (C=O) groups is 2. The molecule has 0 radical (unpaired) electrons. The second-order valence-corrected chi connectivity index (χ2v) is 5.44. The summed E-state index contributed by atoms with van der Waals surface area (Å²) in [6, 6.07) is 5.28. The number of anilines is 1. The molecule has 20 heavy (non-hydrogen) atoms. The largest absolute Gasteiger partial charge is 0.333 e. The number of aryl methyl sites for hydroxylation is 1. The lowest BCUT2D eigenvalue weighted by Gasteiger charge is -2.18. The fourth-order valence-electron chi connectivity index (χ4n) is 2.37. The van der Waals surface area contributed by atoms with E-state index in [4.69, 9.17) is 0 Å². The summed E-state index contributed by atoms with van der Waals surface area (Å²) in [6.45, 7) is 2.95. The Kier molecular flexibility index (Phi) is 3.17. The molecular weight excluding hydrogens is 322 g/mol. The van der Waals surface area contributed by atoms with Gasteiger partial charge in [0.2, 0.25) is 0 Å². The molecule has 3 rings (SSSR count). The molecule has 1 aliphatic heterocycles. The quantitative estimate of drug-likeness (QED) is 0.809. The third kappa shape index (κ3) is 1.96. The molecule has 0 bridgehead atoms. The van der Waals surface area contributed by atoms with Crippen molar-refractivity contribution < 1.29 is 9.59 Å². The Morgan fingerprint density at radius 3 is 2.75 bits per heavy atom. The van der Waals surface area contributed by atoms with E-state index in [-0.39, 0.29) is 0 Å². The van der Waals surface area contributed by atoms with E-state index in [9.17, 15) is 9.59 Å². The molecule has 0 spiro atoms. The van der Waals surface area contributed by atoms with Gasteiger partial charge in [0.1, 0.15) is 5.82 Å². The van der Waals surface area contributed by atoms with Crippen LogP contribution in [0.2, 0.25) is 0 Å². The maximum Gasteiger partial charge on any atom is 0.299 e. The topological polar surface area (TPSA) is 55.2 Å². The third-order valence-corrected chi connectivity index (χ3v) is 4.07. The Morgan fingerprint density at radius 1 is 1.25 bits per heavy atom. The van der Waals surface area contributed by atoms with Crippen LogP contribution in [0.15, 0.2) is 35.1 Å². The molecule has 0 atom stereocenters. The van der Waals surface area contributed by atoms with E-state index in [1.807, 2.05) is 23.8 Å². The van der Waals surface area contributed by atoms with E-state index in [0.717, 1.165) is 10.3 Å². The fourth-order valence-corrected chi connectivity index (χ4v) is 2.95. The van der Waals surface area contributed by atoms with Gasteiger partial charge in [0.15, 0.2) is 0 Å². The number of Topliss-reactive ketones (excluding diaryl/α,β-unsaturated/α-hetero) is 1. The lowest BCUT2D eigenvalue weighted by Crippen LogP contribution is -2.33. The minimum atomic E-state index is -0.468. The highest BCUT2D eigenvalue weighted by Crippen LogP contribution is 2.35. The predicted octanol–water partition coefficient (Wildman–Crippen LogP) is 2.18. The van der Waals surface area contributed by atoms with Gasteiger partial charge in [-0.2, -0.15) is 0 Å². The zero-order chi connectivity index (χ0) is 14.3. The van der Waals surface area contributed by atoms with Gasteiger partial charge in [-0.1, -0.05) is 6.07 Å². The lowest BCUT2D eigenvalue weighted by molar-refractivity contribution is -0.114. The zero-order valence-electron chi connectivity index (χ0n) is 10.8. The molecule has 1 aliphatic rings. The number of nitrogens with zero attached hydrogens (tertiary/aromatic N) is 3. The van der Waals surface area contributed by atoms with Gasteiger partial charge in [-0.15, -0.1) is 0 Å². The van der Waals surface area contributed by atoms with Crippen LogP contribution in [0, 0.1) is 6.92 Å². The number of aromatic nitrogens is 2. The number of rotatable bonds is 3. The van der Waals surface area contributed by atoms with Crippen molar-refractivity contribution in [3.05, 3.63) is 46.5 Å². The Morgan fingerprint density at radius 2 is 2.05 bits per heavy atom. The highest BCUT2D eigenvalue weighted by atomic mass is 79.9. The summed E-state index contributed by atoms with van der Waals surface area (Å²) in [5, 5.41) is 0. The standard InChI is InChI=1S/C14H12BrN3O2/c1-9-16-5-6-17(9)7-8-18-12-10(13(19)14(18)20)3-2-4-11(12)15/h2-6H,7-8H2,1H3. The highest BCUT2D eigenvalue weighted by Gasteiger charge is 2.36. The van der Waals surface area contributed by atoms with Crippen molar-refractivity contribution in [2.45, 2.75) is 13.5 Å². The zero-order valence-corrected chi connectivity index (χ0v) is 12.4. The normalized spacial score (nSPS) is 14.0. The van der Waals surface area contributed by atoms with Crippen molar-refractivity contribution in [2.75, 3.05) is 11.4 Å². The van der Waals surface area contributed by atoms with Gasteiger partial charge in [-0.3, -0.25) is 9.59 Å². The van der Waals surface area contributed by atoms with Gasteiger partial charge >= 0.3 is 0 Å². The summed E-state index contributed by atoms with van der Waals surface area (Å²) in [4.78, 5) is 29.7. The van der Waals surface area contributed by atoms with Gasteiger partial charge in [-0.05, 0) is 35.0 Å². The van der Waals surface area contributed by atoms with Crippen LogP contribution in [0.1, 0.15) is 16.2 Å². The molecule has 1 aromatic heterocycles. The number of benzene rings is 1. The number of amides is 1. The van der Waals surface area contributed by atoms with Crippen molar-refractivity contribution in [1.29, 1.82) is 0 Å². The summed E-state index contributed by atoms with van der Waals surface area (Å²) in [5.74, 6) is -0.0244. The van der Waals surface area contributed by atoms with Crippen LogP contribution in [-0.4, -0.2) is 27.8 Å². The number of ketones is 1. The first kappa shape index (κ1) is 13.1. The molecule has 1 aromatic carbocycles. The third-order valence-electron chi connectivity index (χ3n) is 3.43. The minimum absolute atomic E-state index is 0.441. The summed E-state index contributed by atoms with van der Waals surface area (Å²) in [7, 11) is 0. The number of carbonyl (C=O) groups excluding carboxylic acids is 2. The van der Waals surface area contributed by atoms with E-state index in [0.29, 0.717) is 24.3 Å². The van der Waals surface area contributed by atoms with Crippen molar-refractivity contribution in [3.63, 3.8) is 0 Å².